The molecule has 1 aromatic carbocycles. The fraction of sp³-hybridized carbons (Fsp3) is 0.429. The Morgan fingerprint density at radius 2 is 1.92 bits per heavy atom. The number of benzene rings is 1. The molecule has 2 heterocycles. The summed E-state index contributed by atoms with van der Waals surface area (Å²) in [6, 6.07) is 8.02. The first-order valence-electron chi connectivity index (χ1n) is 9.31. The maximum Gasteiger partial charge on any atom is 0.160 e. The molecule has 0 aliphatic rings. The highest BCUT2D eigenvalue weighted by atomic mass is 35.5. The second kappa shape index (κ2) is 7.77. The van der Waals surface area contributed by atoms with Crippen LogP contribution in [0.1, 0.15) is 64.1 Å². The van der Waals surface area contributed by atoms with Crippen LogP contribution in [-0.4, -0.2) is 19.6 Å². The van der Waals surface area contributed by atoms with Gasteiger partial charge in [-0.2, -0.15) is 0 Å². The Hall–Kier alpha value is -1.91. The van der Waals surface area contributed by atoms with E-state index < -0.39 is 6.10 Å². The van der Waals surface area contributed by atoms with E-state index in [2.05, 4.69) is 30.3 Å². The highest BCUT2D eigenvalue weighted by Gasteiger charge is 2.19. The van der Waals surface area contributed by atoms with Crippen molar-refractivity contribution in [3.63, 3.8) is 0 Å². The Kier molecular flexibility index (Phi) is 5.64. The summed E-state index contributed by atoms with van der Waals surface area (Å²) in [6.45, 7) is 8.28. The van der Waals surface area contributed by atoms with Crippen LogP contribution in [0.25, 0.3) is 22.3 Å². The SMILES string of the molecule is CCCC(C)n1c(CC)nc2c(-c3ccc(C(C)O)cc3Cl)ccnc21. The smallest absolute Gasteiger partial charge is 0.160 e. The first-order valence-corrected chi connectivity index (χ1v) is 9.69. The number of imidazole rings is 1. The van der Waals surface area contributed by atoms with Gasteiger partial charge in [-0.1, -0.05) is 44.0 Å². The largest absolute Gasteiger partial charge is 0.389 e. The molecule has 0 radical (unpaired) electrons. The molecule has 0 spiro atoms. The zero-order chi connectivity index (χ0) is 18.8. The van der Waals surface area contributed by atoms with Gasteiger partial charge in [-0.3, -0.25) is 0 Å². The van der Waals surface area contributed by atoms with Crippen LogP contribution in [-0.2, 0) is 6.42 Å². The molecule has 3 aromatic rings. The van der Waals surface area contributed by atoms with Crippen LogP contribution in [0.4, 0.5) is 0 Å². The number of halogens is 1. The van der Waals surface area contributed by atoms with Crippen LogP contribution in [0.2, 0.25) is 5.02 Å². The molecule has 0 aliphatic heterocycles. The minimum Gasteiger partial charge on any atom is -0.389 e. The molecule has 0 amide bonds. The number of fused-ring (bicyclic) bond motifs is 1. The van der Waals surface area contributed by atoms with E-state index >= 15 is 0 Å². The fourth-order valence-electron chi connectivity index (χ4n) is 3.52. The number of aliphatic hydroxyl groups excluding tert-OH is 1. The predicted octanol–water partition coefficient (Wildman–Crippen LogP) is 5.73. The number of hydrogen-bond donors (Lipinski definition) is 1. The van der Waals surface area contributed by atoms with Crippen LogP contribution in [0.3, 0.4) is 0 Å². The summed E-state index contributed by atoms with van der Waals surface area (Å²) >= 11 is 6.54. The zero-order valence-electron chi connectivity index (χ0n) is 15.8. The van der Waals surface area contributed by atoms with E-state index in [0.29, 0.717) is 11.1 Å². The lowest BCUT2D eigenvalue weighted by Crippen LogP contribution is -2.09. The average molecular weight is 372 g/mol. The number of nitrogens with zero attached hydrogens (tertiary/aromatic N) is 3. The van der Waals surface area contributed by atoms with E-state index in [9.17, 15) is 5.11 Å². The van der Waals surface area contributed by atoms with Gasteiger partial charge in [0.05, 0.1) is 6.10 Å². The minimum absolute atomic E-state index is 0.357. The van der Waals surface area contributed by atoms with Crippen LogP contribution in [0, 0.1) is 0 Å². The van der Waals surface area contributed by atoms with Crippen LogP contribution < -0.4 is 0 Å². The third-order valence-corrected chi connectivity index (χ3v) is 5.19. The molecule has 2 aromatic heterocycles. The van der Waals surface area contributed by atoms with Gasteiger partial charge in [-0.05, 0) is 38.0 Å². The van der Waals surface area contributed by atoms with Crippen LogP contribution in [0.5, 0.6) is 0 Å². The number of aromatic nitrogens is 3. The fourth-order valence-corrected chi connectivity index (χ4v) is 3.81. The molecular weight excluding hydrogens is 346 g/mol. The monoisotopic (exact) mass is 371 g/mol. The number of rotatable bonds is 6. The van der Waals surface area contributed by atoms with Crippen molar-refractivity contribution in [3.8, 4) is 11.1 Å². The van der Waals surface area contributed by atoms with Gasteiger partial charge in [0, 0.05) is 34.8 Å². The van der Waals surface area contributed by atoms with Crippen LogP contribution >= 0.6 is 11.6 Å². The highest BCUT2D eigenvalue weighted by molar-refractivity contribution is 6.33. The first-order chi connectivity index (χ1) is 12.5. The van der Waals surface area contributed by atoms with Gasteiger partial charge in [0.25, 0.3) is 0 Å². The molecule has 4 nitrogen and oxygen atoms in total. The van der Waals surface area contributed by atoms with Gasteiger partial charge in [0.15, 0.2) is 5.65 Å². The lowest BCUT2D eigenvalue weighted by Gasteiger charge is -2.16. The first kappa shape index (κ1) is 18.9. The molecule has 26 heavy (non-hydrogen) atoms. The van der Waals surface area contributed by atoms with Gasteiger partial charge in [-0.15, -0.1) is 0 Å². The summed E-state index contributed by atoms with van der Waals surface area (Å²) in [5.74, 6) is 1.05. The number of aliphatic hydroxyl groups is 1. The van der Waals surface area contributed by atoms with Gasteiger partial charge >= 0.3 is 0 Å². The van der Waals surface area contributed by atoms with Crippen molar-refractivity contribution >= 4 is 22.8 Å². The maximum atomic E-state index is 9.78. The summed E-state index contributed by atoms with van der Waals surface area (Å²) in [6.07, 6.45) is 4.36. The molecule has 2 unspecified atom stereocenters. The van der Waals surface area contributed by atoms with Crippen LogP contribution in [0.15, 0.2) is 30.5 Å². The average Bonchev–Trinajstić information content (AvgIpc) is 3.00. The van der Waals surface area contributed by atoms with Crippen molar-refractivity contribution in [1.82, 2.24) is 14.5 Å². The van der Waals surface area contributed by atoms with E-state index in [1.807, 2.05) is 30.5 Å². The van der Waals surface area contributed by atoms with Gasteiger partial charge < -0.3 is 9.67 Å². The Bertz CT molecular complexity index is 917. The number of aryl methyl sites for hydroxylation is 1. The summed E-state index contributed by atoms with van der Waals surface area (Å²) in [5, 5.41) is 10.4. The summed E-state index contributed by atoms with van der Waals surface area (Å²) in [7, 11) is 0. The molecule has 2 atom stereocenters. The van der Waals surface area contributed by atoms with E-state index in [4.69, 9.17) is 16.6 Å². The van der Waals surface area contributed by atoms with E-state index in [1.54, 1.807) is 6.92 Å². The molecular formula is C21H26ClN3O. The van der Waals surface area contributed by atoms with Gasteiger partial charge in [0.1, 0.15) is 11.3 Å². The van der Waals surface area contributed by atoms with Crippen molar-refractivity contribution in [1.29, 1.82) is 0 Å². The third kappa shape index (κ3) is 3.36. The molecule has 138 valence electrons. The normalized spacial score (nSPS) is 13.9. The van der Waals surface area contributed by atoms with E-state index in [0.717, 1.165) is 52.9 Å². The third-order valence-electron chi connectivity index (χ3n) is 4.88. The topological polar surface area (TPSA) is 50.9 Å². The Morgan fingerprint density at radius 1 is 1.15 bits per heavy atom. The van der Waals surface area contributed by atoms with Crippen molar-refractivity contribution in [2.75, 3.05) is 0 Å². The summed E-state index contributed by atoms with van der Waals surface area (Å²) in [4.78, 5) is 9.53. The summed E-state index contributed by atoms with van der Waals surface area (Å²) in [5.41, 5.74) is 4.50. The second-order valence-electron chi connectivity index (χ2n) is 6.84. The standard InChI is InChI=1S/C21H26ClN3O/c1-5-7-13(3)25-19(6-2)24-20-17(10-11-23-21(20)25)16-9-8-15(14(4)26)12-18(16)22/h8-14,26H,5-7H2,1-4H3. The maximum absolute atomic E-state index is 9.78. The Balaban J connectivity index is 2.20. The van der Waals surface area contributed by atoms with Crippen molar-refractivity contribution < 1.29 is 5.11 Å². The van der Waals surface area contributed by atoms with Crippen molar-refractivity contribution in [2.24, 2.45) is 0 Å². The molecule has 1 N–H and O–H groups in total. The van der Waals surface area contributed by atoms with E-state index in [1.165, 1.54) is 0 Å². The quantitative estimate of drug-likeness (QED) is 0.602. The number of hydrogen-bond acceptors (Lipinski definition) is 3. The zero-order valence-corrected chi connectivity index (χ0v) is 16.6. The minimum atomic E-state index is -0.542. The predicted molar refractivity (Wildman–Crippen MR) is 108 cm³/mol. The van der Waals surface area contributed by atoms with Crippen molar-refractivity contribution in [2.45, 2.75) is 59.1 Å². The number of pyridine rings is 1. The molecule has 3 rings (SSSR count). The summed E-state index contributed by atoms with van der Waals surface area (Å²) < 4.78 is 2.26. The molecule has 0 saturated heterocycles. The lowest BCUT2D eigenvalue weighted by molar-refractivity contribution is 0.199. The molecule has 0 aliphatic carbocycles. The van der Waals surface area contributed by atoms with Gasteiger partial charge in [-0.25, -0.2) is 9.97 Å². The lowest BCUT2D eigenvalue weighted by atomic mass is 10.0. The Morgan fingerprint density at radius 3 is 2.54 bits per heavy atom. The molecule has 0 fully saturated rings. The second-order valence-corrected chi connectivity index (χ2v) is 7.24. The van der Waals surface area contributed by atoms with Gasteiger partial charge in [0.2, 0.25) is 0 Å². The van der Waals surface area contributed by atoms with Crippen molar-refractivity contribution in [3.05, 3.63) is 46.9 Å². The molecule has 0 saturated carbocycles. The Labute approximate surface area is 159 Å². The highest BCUT2D eigenvalue weighted by Crippen LogP contribution is 2.35. The molecule has 0 bridgehead atoms. The van der Waals surface area contributed by atoms with E-state index in [-0.39, 0.29) is 0 Å². The molecule has 5 heteroatoms.